The quantitative estimate of drug-likeness (QED) is 0.395. The van der Waals surface area contributed by atoms with Crippen LogP contribution in [0.5, 0.6) is 0 Å². The minimum Gasteiger partial charge on any atom is -0.462 e. The third-order valence-electron chi connectivity index (χ3n) is 6.49. The molecule has 1 aromatic rings. The fraction of sp³-hybridized carbons (Fsp3) is 0.583. The van der Waals surface area contributed by atoms with E-state index in [0.717, 1.165) is 51.4 Å². The van der Waals surface area contributed by atoms with Gasteiger partial charge in [-0.3, -0.25) is 14.4 Å². The standard InChI is InChI=1S/C24H30N2O5/c1-2-31-24(30)17-11-13-19(14-12-17)26-21(27)15-20(23(26)29)25(22(28)16-9-10-16)18-7-5-3-4-6-8-18/h11-14,16,18,20H,2-10,15H2,1H3. The van der Waals surface area contributed by atoms with Crippen LogP contribution in [0.1, 0.15) is 75.1 Å². The van der Waals surface area contributed by atoms with Gasteiger partial charge in [-0.1, -0.05) is 25.7 Å². The van der Waals surface area contributed by atoms with Gasteiger partial charge in [-0.2, -0.15) is 0 Å². The summed E-state index contributed by atoms with van der Waals surface area (Å²) in [6, 6.07) is 5.59. The second kappa shape index (κ2) is 9.20. The molecule has 0 bridgehead atoms. The second-order valence-electron chi connectivity index (χ2n) is 8.72. The molecular formula is C24H30N2O5. The smallest absolute Gasteiger partial charge is 0.338 e. The normalized spacial score (nSPS) is 22.4. The highest BCUT2D eigenvalue weighted by Crippen LogP contribution is 2.37. The van der Waals surface area contributed by atoms with E-state index in [1.807, 2.05) is 0 Å². The molecule has 0 N–H and O–H groups in total. The van der Waals surface area contributed by atoms with Gasteiger partial charge in [-0.05, 0) is 56.9 Å². The minimum atomic E-state index is -0.728. The predicted octanol–water partition coefficient (Wildman–Crippen LogP) is 3.46. The molecule has 166 valence electrons. The van der Waals surface area contributed by atoms with Crippen LogP contribution in [0.3, 0.4) is 0 Å². The summed E-state index contributed by atoms with van der Waals surface area (Å²) in [5.41, 5.74) is 0.787. The van der Waals surface area contributed by atoms with Crippen molar-refractivity contribution < 1.29 is 23.9 Å². The average Bonchev–Trinajstić information content (AvgIpc) is 3.59. The Morgan fingerprint density at radius 1 is 1.00 bits per heavy atom. The number of benzene rings is 1. The van der Waals surface area contributed by atoms with Gasteiger partial charge in [0.25, 0.3) is 5.91 Å². The molecule has 3 aliphatic rings. The Bertz CT molecular complexity index is 853. The van der Waals surface area contributed by atoms with Gasteiger partial charge in [0.2, 0.25) is 11.8 Å². The molecule has 7 heteroatoms. The van der Waals surface area contributed by atoms with E-state index in [4.69, 9.17) is 4.74 Å². The lowest BCUT2D eigenvalue weighted by molar-refractivity contribution is -0.142. The molecule has 1 unspecified atom stereocenters. The summed E-state index contributed by atoms with van der Waals surface area (Å²) >= 11 is 0. The topological polar surface area (TPSA) is 84.0 Å². The van der Waals surface area contributed by atoms with Gasteiger partial charge in [-0.25, -0.2) is 9.69 Å². The van der Waals surface area contributed by atoms with Crippen LogP contribution < -0.4 is 4.90 Å². The molecule has 3 fully saturated rings. The van der Waals surface area contributed by atoms with E-state index in [-0.39, 0.29) is 42.7 Å². The van der Waals surface area contributed by atoms with E-state index < -0.39 is 12.0 Å². The first-order chi connectivity index (χ1) is 15.0. The summed E-state index contributed by atoms with van der Waals surface area (Å²) in [5, 5.41) is 0. The maximum atomic E-state index is 13.4. The Kier molecular flexibility index (Phi) is 6.39. The monoisotopic (exact) mass is 426 g/mol. The van der Waals surface area contributed by atoms with E-state index >= 15 is 0 Å². The number of hydrogen-bond donors (Lipinski definition) is 0. The van der Waals surface area contributed by atoms with Gasteiger partial charge in [-0.15, -0.1) is 0 Å². The molecule has 1 aromatic carbocycles. The SMILES string of the molecule is CCOC(=O)c1ccc(N2C(=O)CC(N(C(=O)C3CC3)C3CCCCCC3)C2=O)cc1. The van der Waals surface area contributed by atoms with Crippen LogP contribution in [0.25, 0.3) is 0 Å². The molecule has 3 amide bonds. The molecule has 31 heavy (non-hydrogen) atoms. The first-order valence-corrected chi connectivity index (χ1v) is 11.5. The van der Waals surface area contributed by atoms with Crippen LogP contribution in [0.15, 0.2) is 24.3 Å². The number of ether oxygens (including phenoxy) is 1. The molecule has 4 rings (SSSR count). The minimum absolute atomic E-state index is 0.00377. The molecule has 0 spiro atoms. The van der Waals surface area contributed by atoms with E-state index in [1.165, 1.54) is 4.90 Å². The van der Waals surface area contributed by atoms with Crippen LogP contribution in [0.2, 0.25) is 0 Å². The number of anilines is 1. The zero-order valence-corrected chi connectivity index (χ0v) is 18.0. The third-order valence-corrected chi connectivity index (χ3v) is 6.49. The van der Waals surface area contributed by atoms with Crippen molar-refractivity contribution >= 4 is 29.4 Å². The van der Waals surface area contributed by atoms with Gasteiger partial charge in [0.15, 0.2) is 0 Å². The Morgan fingerprint density at radius 3 is 2.23 bits per heavy atom. The van der Waals surface area contributed by atoms with Crippen molar-refractivity contribution in [3.63, 3.8) is 0 Å². The fourth-order valence-corrected chi connectivity index (χ4v) is 4.73. The van der Waals surface area contributed by atoms with Crippen molar-refractivity contribution in [2.75, 3.05) is 11.5 Å². The zero-order chi connectivity index (χ0) is 22.0. The third kappa shape index (κ3) is 4.50. The van der Waals surface area contributed by atoms with Crippen molar-refractivity contribution in [3.8, 4) is 0 Å². The highest BCUT2D eigenvalue weighted by molar-refractivity contribution is 6.23. The fourth-order valence-electron chi connectivity index (χ4n) is 4.73. The molecule has 0 aromatic heterocycles. The van der Waals surface area contributed by atoms with Crippen LogP contribution in [0.4, 0.5) is 5.69 Å². The molecule has 1 aliphatic heterocycles. The molecule has 0 radical (unpaired) electrons. The van der Waals surface area contributed by atoms with Crippen molar-refractivity contribution in [1.29, 1.82) is 0 Å². The van der Waals surface area contributed by atoms with Gasteiger partial charge < -0.3 is 9.64 Å². The van der Waals surface area contributed by atoms with Crippen molar-refractivity contribution in [1.82, 2.24) is 4.90 Å². The first-order valence-electron chi connectivity index (χ1n) is 11.5. The van der Waals surface area contributed by atoms with Crippen LogP contribution in [-0.4, -0.2) is 47.3 Å². The summed E-state index contributed by atoms with van der Waals surface area (Å²) in [6.45, 7) is 2.01. The van der Waals surface area contributed by atoms with Gasteiger partial charge in [0, 0.05) is 12.0 Å². The zero-order valence-electron chi connectivity index (χ0n) is 18.0. The summed E-state index contributed by atoms with van der Waals surface area (Å²) in [6.07, 6.45) is 7.95. The van der Waals surface area contributed by atoms with Crippen LogP contribution in [0, 0.1) is 5.92 Å². The summed E-state index contributed by atoms with van der Waals surface area (Å²) < 4.78 is 4.99. The number of rotatable bonds is 6. The second-order valence-corrected chi connectivity index (χ2v) is 8.72. The van der Waals surface area contributed by atoms with E-state index in [0.29, 0.717) is 11.3 Å². The van der Waals surface area contributed by atoms with Crippen molar-refractivity contribution in [3.05, 3.63) is 29.8 Å². The largest absolute Gasteiger partial charge is 0.462 e. The van der Waals surface area contributed by atoms with Gasteiger partial charge in [0.05, 0.1) is 24.3 Å². The molecule has 1 atom stereocenters. The van der Waals surface area contributed by atoms with Crippen LogP contribution in [-0.2, 0) is 19.1 Å². The van der Waals surface area contributed by atoms with Crippen LogP contribution >= 0.6 is 0 Å². The summed E-state index contributed by atoms with van der Waals surface area (Å²) in [5.74, 6) is -1.05. The predicted molar refractivity (Wildman–Crippen MR) is 114 cm³/mol. The first kappa shape index (κ1) is 21.5. The Balaban J connectivity index is 1.56. The number of carbonyl (C=O) groups excluding carboxylic acids is 4. The van der Waals surface area contributed by atoms with Crippen molar-refractivity contribution in [2.45, 2.75) is 76.8 Å². The highest BCUT2D eigenvalue weighted by Gasteiger charge is 2.48. The molecule has 1 heterocycles. The molecule has 1 saturated heterocycles. The number of nitrogens with zero attached hydrogens (tertiary/aromatic N) is 2. The lowest BCUT2D eigenvalue weighted by atomic mass is 10.0. The average molecular weight is 427 g/mol. The maximum Gasteiger partial charge on any atom is 0.338 e. The number of esters is 1. The Hall–Kier alpha value is -2.70. The maximum absolute atomic E-state index is 13.4. The lowest BCUT2D eigenvalue weighted by Crippen LogP contribution is -2.51. The molecule has 2 aliphatic carbocycles. The summed E-state index contributed by atoms with van der Waals surface area (Å²) in [7, 11) is 0. The number of hydrogen-bond acceptors (Lipinski definition) is 5. The number of carbonyl (C=O) groups is 4. The summed E-state index contributed by atoms with van der Waals surface area (Å²) in [4.78, 5) is 54.2. The Labute approximate surface area is 182 Å². The van der Waals surface area contributed by atoms with E-state index in [2.05, 4.69) is 0 Å². The number of imide groups is 1. The molecule has 2 saturated carbocycles. The van der Waals surface area contributed by atoms with Crippen molar-refractivity contribution in [2.24, 2.45) is 5.92 Å². The van der Waals surface area contributed by atoms with Gasteiger partial charge >= 0.3 is 5.97 Å². The van der Waals surface area contributed by atoms with E-state index in [1.54, 1.807) is 36.1 Å². The number of amides is 3. The van der Waals surface area contributed by atoms with E-state index in [9.17, 15) is 19.2 Å². The highest BCUT2D eigenvalue weighted by atomic mass is 16.5. The molecular weight excluding hydrogens is 396 g/mol. The Morgan fingerprint density at radius 2 is 1.65 bits per heavy atom. The molecule has 7 nitrogen and oxygen atoms in total. The van der Waals surface area contributed by atoms with Gasteiger partial charge in [0.1, 0.15) is 6.04 Å². The lowest BCUT2D eigenvalue weighted by Gasteiger charge is -2.35.